The standard InChI is InChI=1S/C15H27N3O3/c1-5-20-15(6-8-19-9-7-15)13-17-12(21-18-13)10-11(16)14(2,3)4/h11H,5-10,16H2,1-4H3. The molecule has 2 heterocycles. The third-order valence-corrected chi connectivity index (χ3v) is 4.10. The van der Waals surface area contributed by atoms with Crippen molar-refractivity contribution in [2.24, 2.45) is 11.1 Å². The Morgan fingerprint density at radius 3 is 2.57 bits per heavy atom. The van der Waals surface area contributed by atoms with Crippen LogP contribution in [0.15, 0.2) is 4.52 Å². The fraction of sp³-hybridized carbons (Fsp3) is 0.867. The Kier molecular flexibility index (Phi) is 5.01. The number of rotatable bonds is 5. The molecule has 0 radical (unpaired) electrons. The highest BCUT2D eigenvalue weighted by atomic mass is 16.5. The third-order valence-electron chi connectivity index (χ3n) is 4.10. The van der Waals surface area contributed by atoms with E-state index in [0.717, 1.165) is 12.8 Å². The molecule has 6 nitrogen and oxygen atoms in total. The fourth-order valence-corrected chi connectivity index (χ4v) is 2.43. The third kappa shape index (κ3) is 3.81. The Labute approximate surface area is 126 Å². The Morgan fingerprint density at radius 2 is 2.00 bits per heavy atom. The lowest BCUT2D eigenvalue weighted by molar-refractivity contribution is -0.118. The normalized spacial score (nSPS) is 20.4. The van der Waals surface area contributed by atoms with Crippen LogP contribution < -0.4 is 5.73 Å². The van der Waals surface area contributed by atoms with Crippen LogP contribution in [0.3, 0.4) is 0 Å². The van der Waals surface area contributed by atoms with Crippen LogP contribution in [0.4, 0.5) is 0 Å². The predicted octanol–water partition coefficient (Wildman–Crippen LogP) is 2.03. The van der Waals surface area contributed by atoms with E-state index in [2.05, 4.69) is 30.9 Å². The highest BCUT2D eigenvalue weighted by molar-refractivity contribution is 5.04. The van der Waals surface area contributed by atoms with Crippen LogP contribution >= 0.6 is 0 Å². The van der Waals surface area contributed by atoms with Gasteiger partial charge in [-0.1, -0.05) is 25.9 Å². The molecule has 1 saturated heterocycles. The second-order valence-electron chi connectivity index (χ2n) is 6.73. The first kappa shape index (κ1) is 16.4. The van der Waals surface area contributed by atoms with Gasteiger partial charge in [0.1, 0.15) is 5.60 Å². The van der Waals surface area contributed by atoms with Crippen LogP contribution in [-0.2, 0) is 21.5 Å². The summed E-state index contributed by atoms with van der Waals surface area (Å²) in [6, 6.07) is -0.0245. The molecule has 1 atom stereocenters. The molecule has 0 aliphatic carbocycles. The van der Waals surface area contributed by atoms with E-state index in [4.69, 9.17) is 19.7 Å². The fourth-order valence-electron chi connectivity index (χ4n) is 2.43. The van der Waals surface area contributed by atoms with Crippen molar-refractivity contribution in [3.8, 4) is 0 Å². The van der Waals surface area contributed by atoms with E-state index in [1.54, 1.807) is 0 Å². The monoisotopic (exact) mass is 297 g/mol. The van der Waals surface area contributed by atoms with E-state index < -0.39 is 5.60 Å². The van der Waals surface area contributed by atoms with Gasteiger partial charge in [0.05, 0.1) is 0 Å². The second-order valence-corrected chi connectivity index (χ2v) is 6.73. The van der Waals surface area contributed by atoms with E-state index in [-0.39, 0.29) is 11.5 Å². The molecule has 0 spiro atoms. The second kappa shape index (κ2) is 6.42. The summed E-state index contributed by atoms with van der Waals surface area (Å²) in [4.78, 5) is 4.54. The van der Waals surface area contributed by atoms with Crippen molar-refractivity contribution in [3.05, 3.63) is 11.7 Å². The number of nitrogens with two attached hydrogens (primary N) is 1. The minimum atomic E-state index is -0.472. The number of hydrogen-bond donors (Lipinski definition) is 1. The van der Waals surface area contributed by atoms with E-state index >= 15 is 0 Å². The maximum atomic E-state index is 6.18. The molecule has 1 aromatic heterocycles. The highest BCUT2D eigenvalue weighted by Gasteiger charge is 2.40. The summed E-state index contributed by atoms with van der Waals surface area (Å²) >= 11 is 0. The zero-order chi connectivity index (χ0) is 15.5. The summed E-state index contributed by atoms with van der Waals surface area (Å²) < 4.78 is 16.8. The van der Waals surface area contributed by atoms with Crippen LogP contribution in [0.1, 0.15) is 52.3 Å². The van der Waals surface area contributed by atoms with Crippen molar-refractivity contribution in [2.75, 3.05) is 19.8 Å². The summed E-state index contributed by atoms with van der Waals surface area (Å²) in [7, 11) is 0. The minimum absolute atomic E-state index is 0.00488. The quantitative estimate of drug-likeness (QED) is 0.895. The van der Waals surface area contributed by atoms with Gasteiger partial charge in [0.2, 0.25) is 11.7 Å². The number of nitrogens with zero attached hydrogens (tertiary/aromatic N) is 2. The van der Waals surface area contributed by atoms with E-state index in [0.29, 0.717) is 38.0 Å². The topological polar surface area (TPSA) is 83.4 Å². The summed E-state index contributed by atoms with van der Waals surface area (Å²) in [5, 5.41) is 4.14. The lowest BCUT2D eigenvalue weighted by atomic mass is 9.85. The van der Waals surface area contributed by atoms with Gasteiger partial charge >= 0.3 is 0 Å². The molecule has 120 valence electrons. The van der Waals surface area contributed by atoms with Crippen molar-refractivity contribution in [1.82, 2.24) is 10.1 Å². The van der Waals surface area contributed by atoms with E-state index in [1.165, 1.54) is 0 Å². The van der Waals surface area contributed by atoms with Gasteiger partial charge in [-0.3, -0.25) is 0 Å². The Hall–Kier alpha value is -0.980. The molecule has 0 aromatic carbocycles. The molecule has 21 heavy (non-hydrogen) atoms. The molecule has 0 bridgehead atoms. The van der Waals surface area contributed by atoms with E-state index in [1.807, 2.05) is 6.92 Å². The molecule has 0 saturated carbocycles. The minimum Gasteiger partial charge on any atom is -0.381 e. The first-order valence-corrected chi connectivity index (χ1v) is 7.68. The average Bonchev–Trinajstić information content (AvgIpc) is 2.88. The summed E-state index contributed by atoms with van der Waals surface area (Å²) in [5.74, 6) is 1.21. The van der Waals surface area contributed by atoms with Gasteiger partial charge in [0, 0.05) is 45.1 Å². The molecule has 2 rings (SSSR count). The Balaban J connectivity index is 2.13. The molecule has 0 amide bonds. The van der Waals surface area contributed by atoms with Crippen LogP contribution in [-0.4, -0.2) is 36.0 Å². The first-order valence-electron chi connectivity index (χ1n) is 7.68. The molecular weight excluding hydrogens is 270 g/mol. The van der Waals surface area contributed by atoms with Crippen molar-refractivity contribution in [2.45, 2.75) is 58.6 Å². The summed E-state index contributed by atoms with van der Waals surface area (Å²) in [6.07, 6.45) is 2.09. The number of hydrogen-bond acceptors (Lipinski definition) is 6. The molecule has 1 unspecified atom stereocenters. The molecule has 6 heteroatoms. The lowest BCUT2D eigenvalue weighted by Gasteiger charge is -2.33. The lowest BCUT2D eigenvalue weighted by Crippen LogP contribution is -2.38. The maximum Gasteiger partial charge on any atom is 0.228 e. The van der Waals surface area contributed by atoms with Gasteiger partial charge in [-0.25, -0.2) is 0 Å². The average molecular weight is 297 g/mol. The predicted molar refractivity (Wildman–Crippen MR) is 78.8 cm³/mol. The van der Waals surface area contributed by atoms with Crippen LogP contribution in [0, 0.1) is 5.41 Å². The highest BCUT2D eigenvalue weighted by Crippen LogP contribution is 2.34. The van der Waals surface area contributed by atoms with Gasteiger partial charge in [-0.05, 0) is 12.3 Å². The molecular formula is C15H27N3O3. The zero-order valence-corrected chi connectivity index (χ0v) is 13.5. The first-order chi connectivity index (χ1) is 9.87. The van der Waals surface area contributed by atoms with Gasteiger partial charge in [-0.15, -0.1) is 0 Å². The smallest absolute Gasteiger partial charge is 0.228 e. The van der Waals surface area contributed by atoms with Gasteiger partial charge in [0.25, 0.3) is 0 Å². The molecule has 1 fully saturated rings. The zero-order valence-electron chi connectivity index (χ0n) is 13.5. The number of aromatic nitrogens is 2. The van der Waals surface area contributed by atoms with Crippen LogP contribution in [0.5, 0.6) is 0 Å². The summed E-state index contributed by atoms with van der Waals surface area (Å²) in [6.45, 7) is 10.2. The summed E-state index contributed by atoms with van der Waals surface area (Å²) in [5.41, 5.74) is 5.72. The Morgan fingerprint density at radius 1 is 1.33 bits per heavy atom. The molecule has 1 aliphatic rings. The van der Waals surface area contributed by atoms with Gasteiger partial charge in [0.15, 0.2) is 0 Å². The van der Waals surface area contributed by atoms with Gasteiger partial charge in [-0.2, -0.15) is 4.98 Å². The van der Waals surface area contributed by atoms with Crippen molar-refractivity contribution in [3.63, 3.8) is 0 Å². The Bertz CT molecular complexity index is 442. The van der Waals surface area contributed by atoms with Crippen LogP contribution in [0.2, 0.25) is 0 Å². The maximum absolute atomic E-state index is 6.18. The molecule has 2 N–H and O–H groups in total. The van der Waals surface area contributed by atoms with Gasteiger partial charge < -0.3 is 19.7 Å². The molecule has 1 aromatic rings. The SMILES string of the molecule is CCOC1(c2noc(CC(N)C(C)(C)C)n2)CCOCC1. The van der Waals surface area contributed by atoms with Crippen LogP contribution in [0.25, 0.3) is 0 Å². The largest absolute Gasteiger partial charge is 0.381 e. The van der Waals surface area contributed by atoms with E-state index in [9.17, 15) is 0 Å². The van der Waals surface area contributed by atoms with Crippen molar-refractivity contribution < 1.29 is 14.0 Å². The molecule has 1 aliphatic heterocycles. The van der Waals surface area contributed by atoms with Crippen molar-refractivity contribution >= 4 is 0 Å². The number of ether oxygens (including phenoxy) is 2. The van der Waals surface area contributed by atoms with Crippen molar-refractivity contribution in [1.29, 1.82) is 0 Å².